The average Bonchev–Trinajstić information content (AvgIpc) is 2.60. The van der Waals surface area contributed by atoms with E-state index in [4.69, 9.17) is 0 Å². The smallest absolute Gasteiger partial charge is 0.260 e. The van der Waals surface area contributed by atoms with E-state index in [1.54, 1.807) is 6.20 Å². The first-order valence-corrected chi connectivity index (χ1v) is 5.26. The maximum Gasteiger partial charge on any atom is 0.260 e. The van der Waals surface area contributed by atoms with Gasteiger partial charge in [-0.25, -0.2) is 9.55 Å². The van der Waals surface area contributed by atoms with Crippen LogP contribution in [0.4, 0.5) is 5.95 Å². The molecule has 2 N–H and O–H groups in total. The second-order valence-corrected chi connectivity index (χ2v) is 3.75. The van der Waals surface area contributed by atoms with Crippen molar-refractivity contribution in [2.24, 2.45) is 0 Å². The van der Waals surface area contributed by atoms with Crippen LogP contribution < -0.4 is 10.9 Å². The zero-order valence-corrected chi connectivity index (χ0v) is 8.73. The number of rotatable bonds is 3. The van der Waals surface area contributed by atoms with Gasteiger partial charge in [0.1, 0.15) is 0 Å². The molecule has 1 aliphatic rings. The summed E-state index contributed by atoms with van der Waals surface area (Å²) in [4.78, 5) is 16.0. The number of hydrogen-bond donors (Lipinski definition) is 2. The lowest BCUT2D eigenvalue weighted by Gasteiger charge is -2.07. The number of aliphatic hydroxyl groups excluding tert-OH is 1. The Hall–Kier alpha value is -1.36. The molecule has 2 heterocycles. The Kier molecular flexibility index (Phi) is 2.73. The fourth-order valence-electron chi connectivity index (χ4n) is 1.73. The van der Waals surface area contributed by atoms with Gasteiger partial charge in [0, 0.05) is 11.8 Å². The van der Waals surface area contributed by atoms with Crippen LogP contribution in [0.5, 0.6) is 0 Å². The third kappa shape index (κ3) is 1.74. The van der Waals surface area contributed by atoms with Crippen LogP contribution in [-0.4, -0.2) is 21.2 Å². The van der Waals surface area contributed by atoms with Gasteiger partial charge in [-0.15, -0.1) is 0 Å². The molecule has 0 amide bonds. The van der Waals surface area contributed by atoms with Crippen LogP contribution in [0, 0.1) is 0 Å². The molecule has 0 saturated carbocycles. The van der Waals surface area contributed by atoms with Crippen LogP contribution in [0.2, 0.25) is 0 Å². The second-order valence-electron chi connectivity index (χ2n) is 3.75. The molecule has 15 heavy (non-hydrogen) atoms. The van der Waals surface area contributed by atoms with Crippen molar-refractivity contribution in [3.8, 4) is 0 Å². The SMILES string of the molecule is CCCCc1cnc2n(c1=O)C(O)CN2. The third-order valence-electron chi connectivity index (χ3n) is 2.60. The summed E-state index contributed by atoms with van der Waals surface area (Å²) in [6, 6.07) is 0. The number of aryl methyl sites for hydroxylation is 1. The van der Waals surface area contributed by atoms with E-state index in [1.807, 2.05) is 0 Å². The number of anilines is 1. The monoisotopic (exact) mass is 209 g/mol. The number of β-amino-alcohol motifs (C(OH)–C–C–N with tert-alkyl or cyclic N) is 1. The summed E-state index contributed by atoms with van der Waals surface area (Å²) in [7, 11) is 0. The number of nitrogens with zero attached hydrogens (tertiary/aromatic N) is 2. The van der Waals surface area contributed by atoms with E-state index in [0.717, 1.165) is 19.3 Å². The Morgan fingerprint density at radius 2 is 2.53 bits per heavy atom. The van der Waals surface area contributed by atoms with E-state index in [9.17, 15) is 9.90 Å². The molecule has 0 aliphatic carbocycles. The van der Waals surface area contributed by atoms with Gasteiger partial charge in [-0.3, -0.25) is 4.79 Å². The number of hydrogen-bond acceptors (Lipinski definition) is 4. The van der Waals surface area contributed by atoms with Crippen LogP contribution in [0.3, 0.4) is 0 Å². The summed E-state index contributed by atoms with van der Waals surface area (Å²) in [5.41, 5.74) is 0.564. The highest BCUT2D eigenvalue weighted by Gasteiger charge is 2.22. The molecule has 0 saturated heterocycles. The molecule has 1 aromatic heterocycles. The minimum absolute atomic E-state index is 0.119. The number of unbranched alkanes of at least 4 members (excludes halogenated alkanes) is 1. The number of aromatic nitrogens is 2. The quantitative estimate of drug-likeness (QED) is 0.760. The fraction of sp³-hybridized carbons (Fsp3) is 0.600. The zero-order chi connectivity index (χ0) is 10.8. The highest BCUT2D eigenvalue weighted by molar-refractivity contribution is 5.32. The molecule has 2 rings (SSSR count). The molecule has 1 atom stereocenters. The van der Waals surface area contributed by atoms with E-state index in [0.29, 0.717) is 18.1 Å². The highest BCUT2D eigenvalue weighted by atomic mass is 16.3. The highest BCUT2D eigenvalue weighted by Crippen LogP contribution is 2.15. The fourth-order valence-corrected chi connectivity index (χ4v) is 1.73. The molecule has 5 nitrogen and oxygen atoms in total. The van der Waals surface area contributed by atoms with Gasteiger partial charge in [0.2, 0.25) is 5.95 Å². The molecular formula is C10H15N3O2. The third-order valence-corrected chi connectivity index (χ3v) is 2.60. The van der Waals surface area contributed by atoms with Gasteiger partial charge in [-0.1, -0.05) is 13.3 Å². The van der Waals surface area contributed by atoms with Gasteiger partial charge in [0.25, 0.3) is 5.56 Å². The number of aliphatic hydroxyl groups is 1. The van der Waals surface area contributed by atoms with Crippen molar-refractivity contribution in [2.75, 3.05) is 11.9 Å². The van der Waals surface area contributed by atoms with Crippen molar-refractivity contribution in [3.63, 3.8) is 0 Å². The molecule has 0 spiro atoms. The van der Waals surface area contributed by atoms with Gasteiger partial charge in [0.15, 0.2) is 6.23 Å². The minimum Gasteiger partial charge on any atom is -0.371 e. The van der Waals surface area contributed by atoms with Crippen molar-refractivity contribution in [1.29, 1.82) is 0 Å². The first kappa shape index (κ1) is 10.2. The summed E-state index contributed by atoms with van der Waals surface area (Å²) in [6.45, 7) is 2.44. The Morgan fingerprint density at radius 1 is 1.73 bits per heavy atom. The van der Waals surface area contributed by atoms with Crippen molar-refractivity contribution < 1.29 is 5.11 Å². The first-order chi connectivity index (χ1) is 7.24. The van der Waals surface area contributed by atoms with Gasteiger partial charge < -0.3 is 10.4 Å². The zero-order valence-electron chi connectivity index (χ0n) is 8.73. The molecule has 0 bridgehead atoms. The first-order valence-electron chi connectivity index (χ1n) is 5.26. The summed E-state index contributed by atoms with van der Waals surface area (Å²) in [5.74, 6) is 0.466. The Balaban J connectivity index is 2.36. The Morgan fingerprint density at radius 3 is 3.27 bits per heavy atom. The maximum absolute atomic E-state index is 11.9. The molecule has 0 fully saturated rings. The second kappa shape index (κ2) is 4.02. The molecule has 1 aliphatic heterocycles. The summed E-state index contributed by atoms with van der Waals surface area (Å²) >= 11 is 0. The number of nitrogens with one attached hydrogen (secondary N) is 1. The van der Waals surface area contributed by atoms with Crippen LogP contribution in [0.1, 0.15) is 31.6 Å². The van der Waals surface area contributed by atoms with Crippen LogP contribution >= 0.6 is 0 Å². The predicted molar refractivity (Wildman–Crippen MR) is 56.9 cm³/mol. The van der Waals surface area contributed by atoms with Crippen molar-refractivity contribution in [2.45, 2.75) is 32.4 Å². The Bertz CT molecular complexity index is 414. The minimum atomic E-state index is -0.776. The molecular weight excluding hydrogens is 194 g/mol. The largest absolute Gasteiger partial charge is 0.371 e. The molecule has 0 aromatic carbocycles. The summed E-state index contributed by atoms with van der Waals surface area (Å²) in [6.07, 6.45) is 3.58. The molecule has 82 valence electrons. The average molecular weight is 209 g/mol. The van der Waals surface area contributed by atoms with Crippen molar-refractivity contribution in [3.05, 3.63) is 22.1 Å². The van der Waals surface area contributed by atoms with E-state index in [2.05, 4.69) is 17.2 Å². The lowest BCUT2D eigenvalue weighted by Crippen LogP contribution is -2.25. The van der Waals surface area contributed by atoms with E-state index in [-0.39, 0.29) is 5.56 Å². The van der Waals surface area contributed by atoms with E-state index < -0.39 is 6.23 Å². The van der Waals surface area contributed by atoms with Gasteiger partial charge in [-0.2, -0.15) is 0 Å². The van der Waals surface area contributed by atoms with Gasteiger partial charge >= 0.3 is 0 Å². The van der Waals surface area contributed by atoms with Crippen molar-refractivity contribution >= 4 is 5.95 Å². The van der Waals surface area contributed by atoms with Crippen LogP contribution in [0.25, 0.3) is 0 Å². The molecule has 1 aromatic rings. The van der Waals surface area contributed by atoms with E-state index in [1.165, 1.54) is 4.57 Å². The van der Waals surface area contributed by atoms with Crippen LogP contribution in [-0.2, 0) is 6.42 Å². The van der Waals surface area contributed by atoms with Crippen LogP contribution in [0.15, 0.2) is 11.0 Å². The number of fused-ring (bicyclic) bond motifs is 1. The van der Waals surface area contributed by atoms with Crippen molar-refractivity contribution in [1.82, 2.24) is 9.55 Å². The lowest BCUT2D eigenvalue weighted by atomic mass is 10.1. The molecule has 5 heteroatoms. The molecule has 1 unspecified atom stereocenters. The predicted octanol–water partition coefficient (Wildman–Crippen LogP) is 0.502. The normalized spacial score (nSPS) is 18.7. The van der Waals surface area contributed by atoms with Gasteiger partial charge in [0.05, 0.1) is 6.54 Å². The van der Waals surface area contributed by atoms with E-state index >= 15 is 0 Å². The van der Waals surface area contributed by atoms with Gasteiger partial charge in [-0.05, 0) is 12.8 Å². The summed E-state index contributed by atoms with van der Waals surface area (Å²) in [5, 5.41) is 12.4. The summed E-state index contributed by atoms with van der Waals surface area (Å²) < 4.78 is 1.32. The Labute approximate surface area is 87.8 Å². The lowest BCUT2D eigenvalue weighted by molar-refractivity contribution is 0.127. The molecule has 0 radical (unpaired) electrons. The maximum atomic E-state index is 11.9. The topological polar surface area (TPSA) is 67.2 Å². The standard InChI is InChI=1S/C10H15N3O2/c1-2-3-4-7-5-11-10-12-6-8(14)13(10)9(7)15/h5,8,14H,2-4,6H2,1H3,(H,11,12).